The van der Waals surface area contributed by atoms with Gasteiger partial charge in [-0.3, -0.25) is 4.18 Å². The Morgan fingerprint density at radius 2 is 1.75 bits per heavy atom. The van der Waals surface area contributed by atoms with Gasteiger partial charge in [-0.05, 0) is 22.3 Å². The lowest BCUT2D eigenvalue weighted by molar-refractivity contribution is 0.242. The van der Waals surface area contributed by atoms with Gasteiger partial charge in [-0.15, -0.1) is 0 Å². The standard InChI is InChI=1S/C17H20N2O4S/c1-18-17(20)19-11-15-5-3-4-6-16(15)14-9-7-13(8-10-14)12-23-24(2,21)22/h3-10H,11-12H2,1-2H3,(H2,18,19,20). The van der Waals surface area contributed by atoms with Crippen LogP contribution in [0.4, 0.5) is 4.79 Å². The van der Waals surface area contributed by atoms with Gasteiger partial charge in [0.1, 0.15) is 0 Å². The van der Waals surface area contributed by atoms with E-state index >= 15 is 0 Å². The average Bonchev–Trinajstić information content (AvgIpc) is 2.58. The van der Waals surface area contributed by atoms with Crippen LogP contribution in [0.1, 0.15) is 11.1 Å². The maximum absolute atomic E-state index is 11.3. The fourth-order valence-electron chi connectivity index (χ4n) is 2.18. The van der Waals surface area contributed by atoms with Crippen LogP contribution in [0.2, 0.25) is 0 Å². The number of amides is 2. The molecule has 0 bridgehead atoms. The first-order valence-electron chi connectivity index (χ1n) is 7.36. The molecular weight excluding hydrogens is 328 g/mol. The summed E-state index contributed by atoms with van der Waals surface area (Å²) in [6.45, 7) is 0.424. The van der Waals surface area contributed by atoms with E-state index in [-0.39, 0.29) is 12.6 Å². The normalized spacial score (nSPS) is 11.1. The van der Waals surface area contributed by atoms with Gasteiger partial charge < -0.3 is 10.6 Å². The summed E-state index contributed by atoms with van der Waals surface area (Å²) in [5, 5.41) is 5.29. The maximum atomic E-state index is 11.3. The zero-order chi connectivity index (χ0) is 17.6. The van der Waals surface area contributed by atoms with Crippen molar-refractivity contribution in [1.82, 2.24) is 10.6 Å². The van der Waals surface area contributed by atoms with Crippen molar-refractivity contribution < 1.29 is 17.4 Å². The molecule has 2 rings (SSSR count). The number of nitrogens with one attached hydrogen (secondary N) is 2. The second kappa shape index (κ2) is 7.94. The van der Waals surface area contributed by atoms with Gasteiger partial charge in [0, 0.05) is 13.6 Å². The summed E-state index contributed by atoms with van der Waals surface area (Å²) < 4.78 is 26.8. The Balaban J connectivity index is 2.15. The van der Waals surface area contributed by atoms with Crippen molar-refractivity contribution in [3.8, 4) is 11.1 Å². The van der Waals surface area contributed by atoms with Gasteiger partial charge in [0.25, 0.3) is 10.1 Å². The monoisotopic (exact) mass is 348 g/mol. The Morgan fingerprint density at radius 3 is 2.38 bits per heavy atom. The lowest BCUT2D eigenvalue weighted by atomic mass is 9.99. The van der Waals surface area contributed by atoms with Crippen LogP contribution in [0.3, 0.4) is 0 Å². The molecule has 0 saturated heterocycles. The lowest BCUT2D eigenvalue weighted by Gasteiger charge is -2.11. The van der Waals surface area contributed by atoms with Crippen LogP contribution in [0.15, 0.2) is 48.5 Å². The van der Waals surface area contributed by atoms with Crippen molar-refractivity contribution in [3.63, 3.8) is 0 Å². The van der Waals surface area contributed by atoms with Crippen molar-refractivity contribution in [3.05, 3.63) is 59.7 Å². The molecule has 2 N–H and O–H groups in total. The van der Waals surface area contributed by atoms with Crippen LogP contribution in [-0.4, -0.2) is 27.8 Å². The first kappa shape index (κ1) is 18.0. The molecule has 128 valence electrons. The SMILES string of the molecule is CNC(=O)NCc1ccccc1-c1ccc(COS(C)(=O)=O)cc1. The third kappa shape index (κ3) is 5.36. The zero-order valence-corrected chi connectivity index (χ0v) is 14.4. The molecule has 2 aromatic rings. The predicted molar refractivity (Wildman–Crippen MR) is 92.8 cm³/mol. The highest BCUT2D eigenvalue weighted by atomic mass is 32.2. The molecule has 0 heterocycles. The molecule has 24 heavy (non-hydrogen) atoms. The van der Waals surface area contributed by atoms with Crippen molar-refractivity contribution in [1.29, 1.82) is 0 Å². The summed E-state index contributed by atoms with van der Waals surface area (Å²) in [5.74, 6) is 0. The van der Waals surface area contributed by atoms with E-state index in [9.17, 15) is 13.2 Å². The van der Waals surface area contributed by atoms with Crippen LogP contribution >= 0.6 is 0 Å². The molecule has 2 aromatic carbocycles. The van der Waals surface area contributed by atoms with E-state index in [1.165, 1.54) is 0 Å². The molecule has 0 aromatic heterocycles. The van der Waals surface area contributed by atoms with E-state index in [4.69, 9.17) is 4.18 Å². The lowest BCUT2D eigenvalue weighted by Crippen LogP contribution is -2.32. The van der Waals surface area contributed by atoms with Crippen molar-refractivity contribution in [2.24, 2.45) is 0 Å². The Hall–Kier alpha value is -2.38. The Morgan fingerprint density at radius 1 is 1.08 bits per heavy atom. The van der Waals surface area contributed by atoms with E-state index in [1.54, 1.807) is 7.05 Å². The van der Waals surface area contributed by atoms with E-state index in [2.05, 4.69) is 10.6 Å². The molecular formula is C17H20N2O4S. The summed E-state index contributed by atoms with van der Waals surface area (Å²) in [7, 11) is -1.89. The minimum absolute atomic E-state index is 0.0129. The van der Waals surface area contributed by atoms with Crippen molar-refractivity contribution in [2.45, 2.75) is 13.2 Å². The zero-order valence-electron chi connectivity index (χ0n) is 13.6. The fourth-order valence-corrected chi connectivity index (χ4v) is 2.53. The van der Waals surface area contributed by atoms with Gasteiger partial charge in [-0.1, -0.05) is 48.5 Å². The van der Waals surface area contributed by atoms with Crippen LogP contribution < -0.4 is 10.6 Å². The number of carbonyl (C=O) groups excluding carboxylic acids is 1. The summed E-state index contributed by atoms with van der Waals surface area (Å²) >= 11 is 0. The van der Waals surface area contributed by atoms with Crippen LogP contribution in [0.5, 0.6) is 0 Å². The third-order valence-corrected chi connectivity index (χ3v) is 3.93. The van der Waals surface area contributed by atoms with Gasteiger partial charge in [0.15, 0.2) is 0 Å². The minimum Gasteiger partial charge on any atom is -0.341 e. The Labute approximate surface area is 142 Å². The number of urea groups is 1. The van der Waals surface area contributed by atoms with Gasteiger partial charge in [-0.25, -0.2) is 4.79 Å². The molecule has 0 spiro atoms. The smallest absolute Gasteiger partial charge is 0.314 e. The maximum Gasteiger partial charge on any atom is 0.314 e. The predicted octanol–water partition coefficient (Wildman–Crippen LogP) is 2.26. The Kier molecular flexibility index (Phi) is 5.94. The minimum atomic E-state index is -3.46. The van der Waals surface area contributed by atoms with Crippen molar-refractivity contribution >= 4 is 16.1 Å². The number of benzene rings is 2. The average molecular weight is 348 g/mol. The highest BCUT2D eigenvalue weighted by molar-refractivity contribution is 7.85. The molecule has 0 aliphatic rings. The van der Waals surface area contributed by atoms with E-state index in [1.807, 2.05) is 48.5 Å². The molecule has 0 atom stereocenters. The topological polar surface area (TPSA) is 84.5 Å². The number of hydrogen-bond acceptors (Lipinski definition) is 4. The van der Waals surface area contributed by atoms with Crippen LogP contribution in [0, 0.1) is 0 Å². The molecule has 0 saturated carbocycles. The molecule has 0 fully saturated rings. The quantitative estimate of drug-likeness (QED) is 0.784. The van der Waals surface area contributed by atoms with Crippen LogP contribution in [-0.2, 0) is 27.5 Å². The van der Waals surface area contributed by atoms with E-state index < -0.39 is 10.1 Å². The fraction of sp³-hybridized carbons (Fsp3) is 0.235. The third-order valence-electron chi connectivity index (χ3n) is 3.39. The molecule has 0 radical (unpaired) electrons. The van der Waals surface area contributed by atoms with Gasteiger partial charge >= 0.3 is 6.03 Å². The summed E-state index contributed by atoms with van der Waals surface area (Å²) in [4.78, 5) is 11.3. The molecule has 0 aliphatic heterocycles. The van der Waals surface area contributed by atoms with E-state index in [0.29, 0.717) is 6.54 Å². The van der Waals surface area contributed by atoms with Gasteiger partial charge in [-0.2, -0.15) is 8.42 Å². The second-order valence-corrected chi connectivity index (χ2v) is 6.90. The number of hydrogen-bond donors (Lipinski definition) is 2. The molecule has 0 unspecified atom stereocenters. The largest absolute Gasteiger partial charge is 0.341 e. The highest BCUT2D eigenvalue weighted by Crippen LogP contribution is 2.24. The van der Waals surface area contributed by atoms with E-state index in [0.717, 1.165) is 28.5 Å². The first-order valence-corrected chi connectivity index (χ1v) is 9.18. The summed E-state index contributed by atoms with van der Waals surface area (Å²) in [6.07, 6.45) is 1.02. The first-order chi connectivity index (χ1) is 11.4. The highest BCUT2D eigenvalue weighted by Gasteiger charge is 2.07. The van der Waals surface area contributed by atoms with Gasteiger partial charge in [0.2, 0.25) is 0 Å². The molecule has 7 heteroatoms. The van der Waals surface area contributed by atoms with Gasteiger partial charge in [0.05, 0.1) is 12.9 Å². The molecule has 0 aliphatic carbocycles. The number of rotatable bonds is 6. The molecule has 2 amide bonds. The Bertz CT molecular complexity index is 802. The molecule has 6 nitrogen and oxygen atoms in total. The number of carbonyl (C=O) groups is 1. The summed E-state index contributed by atoms with van der Waals surface area (Å²) in [5.41, 5.74) is 3.74. The summed E-state index contributed by atoms with van der Waals surface area (Å²) in [6, 6.07) is 15.0. The van der Waals surface area contributed by atoms with Crippen LogP contribution in [0.25, 0.3) is 11.1 Å². The van der Waals surface area contributed by atoms with Crippen molar-refractivity contribution in [2.75, 3.05) is 13.3 Å². The second-order valence-electron chi connectivity index (χ2n) is 5.25.